The number of anilines is 1. The molecule has 1 saturated carbocycles. The van der Waals surface area contributed by atoms with Gasteiger partial charge >= 0.3 is 0 Å². The molecule has 1 aromatic heterocycles. The fourth-order valence-electron chi connectivity index (χ4n) is 6.22. The van der Waals surface area contributed by atoms with E-state index < -0.39 is 47.7 Å². The van der Waals surface area contributed by atoms with E-state index in [4.69, 9.17) is 0 Å². The number of carbonyl (C=O) groups excluding carboxylic acids is 4. The first kappa shape index (κ1) is 35.0. The van der Waals surface area contributed by atoms with Crippen LogP contribution in [0.1, 0.15) is 75.3 Å². The molecule has 11 nitrogen and oxygen atoms in total. The third kappa shape index (κ3) is 8.48. The molecule has 2 heterocycles. The zero-order valence-electron chi connectivity index (χ0n) is 27.4. The fourth-order valence-corrected chi connectivity index (χ4v) is 6.22. The van der Waals surface area contributed by atoms with Crippen LogP contribution in [0.4, 0.5) is 14.5 Å². The highest BCUT2D eigenvalue weighted by molar-refractivity contribution is 6.00. The number of carbonyl (C=O) groups is 4. The zero-order chi connectivity index (χ0) is 33.5. The smallest absolute Gasteiger partial charge is 0.270 e. The van der Waals surface area contributed by atoms with Crippen LogP contribution in [0.25, 0.3) is 0 Å². The minimum Gasteiger partial charge on any atom is -0.341 e. The maximum Gasteiger partial charge on any atom is 0.270 e. The van der Waals surface area contributed by atoms with Crippen LogP contribution in [0.5, 0.6) is 0 Å². The van der Waals surface area contributed by atoms with Gasteiger partial charge in [0.05, 0.1) is 5.69 Å². The van der Waals surface area contributed by atoms with Gasteiger partial charge in [0.15, 0.2) is 6.17 Å². The zero-order valence-corrected chi connectivity index (χ0v) is 27.4. The van der Waals surface area contributed by atoms with E-state index in [2.05, 4.69) is 32.9 Å². The van der Waals surface area contributed by atoms with E-state index in [-0.39, 0.29) is 17.5 Å². The Kier molecular flexibility index (Phi) is 11.9. The van der Waals surface area contributed by atoms with Crippen LogP contribution in [0.3, 0.4) is 0 Å². The quantitative estimate of drug-likeness (QED) is 0.345. The van der Waals surface area contributed by atoms with Crippen molar-refractivity contribution in [3.63, 3.8) is 0 Å². The van der Waals surface area contributed by atoms with Gasteiger partial charge in [0.25, 0.3) is 11.8 Å². The van der Waals surface area contributed by atoms with Gasteiger partial charge in [-0.15, -0.1) is 0 Å². The second-order valence-electron chi connectivity index (χ2n) is 12.8. The lowest BCUT2D eigenvalue weighted by Crippen LogP contribution is -2.56. The summed E-state index contributed by atoms with van der Waals surface area (Å²) < 4.78 is 31.0. The number of rotatable bonds is 11. The number of benzene rings is 1. The van der Waals surface area contributed by atoms with E-state index in [1.54, 1.807) is 28.6 Å². The molecule has 252 valence electrons. The number of nitrogens with one attached hydrogen (secondary N) is 3. The van der Waals surface area contributed by atoms with E-state index in [9.17, 15) is 23.6 Å². The number of alkyl halides is 1. The maximum atomic E-state index is 15.6. The van der Waals surface area contributed by atoms with Crippen molar-refractivity contribution in [2.75, 3.05) is 38.5 Å². The van der Waals surface area contributed by atoms with E-state index in [0.717, 1.165) is 32.6 Å². The number of hydrogen-bond acceptors (Lipinski definition) is 6. The summed E-state index contributed by atoms with van der Waals surface area (Å²) in [6.07, 6.45) is 3.04. The molecule has 2 aliphatic rings. The fraction of sp³-hybridized carbons (Fsp3) is 0.606. The number of amides is 4. The number of nitrogens with zero attached hydrogens (tertiary/aromatic N) is 4. The summed E-state index contributed by atoms with van der Waals surface area (Å²) in [5, 5.41) is 12.2. The van der Waals surface area contributed by atoms with Crippen LogP contribution in [-0.2, 0) is 20.9 Å². The first-order chi connectivity index (χ1) is 21.9. The number of piperazine rings is 1. The van der Waals surface area contributed by atoms with Crippen LogP contribution in [0, 0.1) is 17.7 Å². The van der Waals surface area contributed by atoms with Crippen molar-refractivity contribution in [3.8, 4) is 0 Å². The highest BCUT2D eigenvalue weighted by Crippen LogP contribution is 2.32. The lowest BCUT2D eigenvalue weighted by Gasteiger charge is -2.36. The van der Waals surface area contributed by atoms with Crippen molar-refractivity contribution in [3.05, 3.63) is 47.5 Å². The lowest BCUT2D eigenvalue weighted by atomic mass is 9.79. The molecule has 0 radical (unpaired) electrons. The first-order valence-electron chi connectivity index (χ1n) is 16.2. The van der Waals surface area contributed by atoms with Gasteiger partial charge in [-0.2, -0.15) is 5.10 Å². The molecular formula is C33H47F2N7O4. The third-order valence-corrected chi connectivity index (χ3v) is 9.37. The highest BCUT2D eigenvalue weighted by atomic mass is 19.1. The normalized spacial score (nSPS) is 21.5. The minimum absolute atomic E-state index is 0.0775. The van der Waals surface area contributed by atoms with Crippen LogP contribution in [0.15, 0.2) is 30.5 Å². The molecular weight excluding hydrogens is 596 g/mol. The minimum atomic E-state index is -1.83. The number of halogens is 2. The Hall–Kier alpha value is -3.87. The largest absolute Gasteiger partial charge is 0.341 e. The molecule has 2 aromatic rings. The average molecular weight is 644 g/mol. The predicted molar refractivity (Wildman–Crippen MR) is 170 cm³/mol. The van der Waals surface area contributed by atoms with E-state index in [1.807, 2.05) is 14.0 Å². The van der Waals surface area contributed by atoms with Gasteiger partial charge in [0, 0.05) is 44.8 Å². The Balaban J connectivity index is 1.53. The van der Waals surface area contributed by atoms with Crippen LogP contribution < -0.4 is 16.0 Å². The standard InChI is InChI=1S/C33H47F2N7O4/c1-6-42-27(13-14-36-42)31(44)39-29(23-9-7-20(2)8-10-23)32(45)37-26-12-11-24(19-25(26)35)21(3)28(38-30(43)22(4)34)33(46)41-17-15-40(5)16-18-41/h11-14,19-23,28-29H,6-10,15-18H2,1-5H3,(H,37,45)(H,38,43)(H,39,44)/t20?,21-,22-,23?,28+,29-/m0/s1. The highest BCUT2D eigenvalue weighted by Gasteiger charge is 2.36. The van der Waals surface area contributed by atoms with Crippen molar-refractivity contribution in [1.29, 1.82) is 0 Å². The van der Waals surface area contributed by atoms with Gasteiger partial charge in [-0.05, 0) is 69.3 Å². The van der Waals surface area contributed by atoms with Crippen molar-refractivity contribution in [2.24, 2.45) is 11.8 Å². The monoisotopic (exact) mass is 643 g/mol. The molecule has 4 rings (SSSR count). The van der Waals surface area contributed by atoms with Crippen LogP contribution >= 0.6 is 0 Å². The SMILES string of the molecule is CCn1nccc1C(=O)N[C@H](C(=O)Nc1ccc([C@H](C)[C@@H](NC(=O)[C@H](C)F)C(=O)N2CCN(C)CC2)cc1F)C1CCC(C)CC1. The van der Waals surface area contributed by atoms with E-state index >= 15 is 4.39 Å². The van der Waals surface area contributed by atoms with E-state index in [0.29, 0.717) is 49.9 Å². The van der Waals surface area contributed by atoms with Crippen molar-refractivity contribution in [2.45, 2.75) is 84.1 Å². The van der Waals surface area contributed by atoms with Crippen molar-refractivity contribution < 1.29 is 28.0 Å². The topological polar surface area (TPSA) is 129 Å². The first-order valence-corrected chi connectivity index (χ1v) is 16.2. The summed E-state index contributed by atoms with van der Waals surface area (Å²) in [5.41, 5.74) is 0.656. The van der Waals surface area contributed by atoms with Gasteiger partial charge in [0.1, 0.15) is 23.6 Å². The Morgan fingerprint density at radius 3 is 2.26 bits per heavy atom. The number of hydrogen-bond donors (Lipinski definition) is 3. The van der Waals surface area contributed by atoms with Crippen molar-refractivity contribution in [1.82, 2.24) is 30.2 Å². The molecule has 2 fully saturated rings. The molecule has 13 heteroatoms. The molecule has 0 unspecified atom stereocenters. The summed E-state index contributed by atoms with van der Waals surface area (Å²) in [4.78, 5) is 56.4. The second-order valence-corrected chi connectivity index (χ2v) is 12.8. The molecule has 1 aliphatic heterocycles. The third-order valence-electron chi connectivity index (χ3n) is 9.37. The maximum absolute atomic E-state index is 15.6. The van der Waals surface area contributed by atoms with E-state index in [1.165, 1.54) is 18.3 Å². The van der Waals surface area contributed by atoms with Gasteiger partial charge in [-0.3, -0.25) is 23.9 Å². The summed E-state index contributed by atoms with van der Waals surface area (Å²) in [6.45, 7) is 9.51. The predicted octanol–water partition coefficient (Wildman–Crippen LogP) is 3.33. The Bertz CT molecular complexity index is 1380. The molecule has 4 atom stereocenters. The molecule has 1 aromatic carbocycles. The molecule has 4 amide bonds. The summed E-state index contributed by atoms with van der Waals surface area (Å²) in [7, 11) is 1.95. The van der Waals surface area contributed by atoms with Crippen molar-refractivity contribution >= 4 is 29.3 Å². The lowest BCUT2D eigenvalue weighted by molar-refractivity contribution is -0.139. The Morgan fingerprint density at radius 2 is 1.65 bits per heavy atom. The van der Waals surface area contributed by atoms with Gasteiger partial charge in [-0.1, -0.05) is 32.8 Å². The number of aryl methyl sites for hydroxylation is 1. The molecule has 3 N–H and O–H groups in total. The summed E-state index contributed by atoms with van der Waals surface area (Å²) in [6, 6.07) is 3.79. The Morgan fingerprint density at radius 1 is 0.978 bits per heavy atom. The van der Waals surface area contributed by atoms with Gasteiger partial charge in [-0.25, -0.2) is 8.78 Å². The average Bonchev–Trinajstić information content (AvgIpc) is 3.52. The molecule has 46 heavy (non-hydrogen) atoms. The second kappa shape index (κ2) is 15.6. The summed E-state index contributed by atoms with van der Waals surface area (Å²) in [5.74, 6) is -3.27. The summed E-state index contributed by atoms with van der Waals surface area (Å²) >= 11 is 0. The number of aromatic nitrogens is 2. The molecule has 0 bridgehead atoms. The van der Waals surface area contributed by atoms with Gasteiger partial charge in [0.2, 0.25) is 11.8 Å². The van der Waals surface area contributed by atoms with Crippen LogP contribution in [0.2, 0.25) is 0 Å². The number of likely N-dealkylation sites (N-methyl/N-ethyl adjacent to an activating group) is 1. The molecule has 1 saturated heterocycles. The molecule has 0 spiro atoms. The molecule has 1 aliphatic carbocycles. The van der Waals surface area contributed by atoms with Gasteiger partial charge < -0.3 is 25.8 Å². The Labute approximate surface area is 269 Å². The van der Waals surface area contributed by atoms with Crippen LogP contribution in [-0.4, -0.2) is 94.7 Å².